The van der Waals surface area contributed by atoms with Gasteiger partial charge in [0.05, 0.1) is 11.7 Å². The van der Waals surface area contributed by atoms with Crippen molar-refractivity contribution in [3.05, 3.63) is 46.5 Å². The van der Waals surface area contributed by atoms with Gasteiger partial charge in [-0.25, -0.2) is 4.98 Å². The summed E-state index contributed by atoms with van der Waals surface area (Å²) in [6.45, 7) is 3.83. The maximum atomic E-state index is 12.4. The topological polar surface area (TPSA) is 57.3 Å². The maximum absolute atomic E-state index is 12.4. The first-order valence-electron chi connectivity index (χ1n) is 9.07. The molecule has 1 atom stereocenters. The Kier molecular flexibility index (Phi) is 8.51. The lowest BCUT2D eigenvalue weighted by atomic mass is 10.0. The van der Waals surface area contributed by atoms with E-state index in [0.29, 0.717) is 0 Å². The number of nitrogens with zero attached hydrogens (tertiary/aromatic N) is 2. The molecule has 0 spiro atoms. The highest BCUT2D eigenvalue weighted by Gasteiger charge is 2.24. The molecule has 1 saturated heterocycles. The van der Waals surface area contributed by atoms with Crippen molar-refractivity contribution in [2.24, 2.45) is 0 Å². The van der Waals surface area contributed by atoms with Crippen LogP contribution in [0.4, 0.5) is 5.13 Å². The first-order chi connectivity index (χ1) is 12.3. The highest BCUT2D eigenvalue weighted by atomic mass is 35.5. The van der Waals surface area contributed by atoms with Gasteiger partial charge in [-0.3, -0.25) is 9.69 Å². The number of amides is 1. The van der Waals surface area contributed by atoms with Crippen molar-refractivity contribution in [1.82, 2.24) is 15.2 Å². The normalized spacial score (nSPS) is 19.3. The quantitative estimate of drug-likeness (QED) is 0.780. The zero-order valence-corrected chi connectivity index (χ0v) is 17.6. The zero-order chi connectivity index (χ0) is 17.1. The molecule has 0 bridgehead atoms. The Morgan fingerprint density at radius 3 is 2.81 bits per heavy atom. The maximum Gasteiger partial charge on any atom is 0.243 e. The van der Waals surface area contributed by atoms with E-state index in [1.165, 1.54) is 10.4 Å². The van der Waals surface area contributed by atoms with Crippen molar-refractivity contribution in [2.75, 3.05) is 18.4 Å². The first-order valence-corrected chi connectivity index (χ1v) is 9.89. The predicted molar refractivity (Wildman–Crippen MR) is 115 cm³/mol. The largest absolute Gasteiger partial charge is 0.306 e. The Balaban J connectivity index is 0.00000131. The van der Waals surface area contributed by atoms with E-state index in [9.17, 15) is 4.79 Å². The Morgan fingerprint density at radius 1 is 1.26 bits per heavy atom. The summed E-state index contributed by atoms with van der Waals surface area (Å²) in [5.41, 5.74) is 2.49. The van der Waals surface area contributed by atoms with Gasteiger partial charge in [-0.2, -0.15) is 0 Å². The van der Waals surface area contributed by atoms with Crippen molar-refractivity contribution in [1.29, 1.82) is 0 Å². The lowest BCUT2D eigenvalue weighted by molar-refractivity contribution is -0.118. The number of halogens is 2. The van der Waals surface area contributed by atoms with Crippen molar-refractivity contribution in [3.8, 4) is 0 Å². The Labute approximate surface area is 176 Å². The van der Waals surface area contributed by atoms with Crippen LogP contribution in [0.3, 0.4) is 0 Å². The summed E-state index contributed by atoms with van der Waals surface area (Å²) in [4.78, 5) is 20.8. The molecule has 148 valence electrons. The number of anilines is 1. The molecule has 1 aromatic heterocycles. The fraction of sp³-hybridized carbons (Fsp3) is 0.474. The van der Waals surface area contributed by atoms with Gasteiger partial charge >= 0.3 is 0 Å². The van der Waals surface area contributed by atoms with E-state index in [1.807, 2.05) is 0 Å². The van der Waals surface area contributed by atoms with Crippen LogP contribution in [0.5, 0.6) is 0 Å². The number of carbonyl (C=O) groups is 1. The molecular weight excluding hydrogens is 403 g/mol. The number of aromatic nitrogens is 1. The SMILES string of the molecule is Cl.Cl.O=C(Nc1nc2c(s1)CN(Cc1ccccc1)CC2)C1CCCCN1. The summed E-state index contributed by atoms with van der Waals surface area (Å²) in [5.74, 6) is 0.0620. The molecule has 5 nitrogen and oxygen atoms in total. The van der Waals surface area contributed by atoms with Gasteiger partial charge in [0.2, 0.25) is 5.91 Å². The summed E-state index contributed by atoms with van der Waals surface area (Å²) in [5, 5.41) is 7.07. The molecule has 1 aromatic carbocycles. The van der Waals surface area contributed by atoms with Gasteiger partial charge in [-0.1, -0.05) is 36.8 Å². The fourth-order valence-electron chi connectivity index (χ4n) is 3.55. The standard InChI is InChI=1S/C19H24N4OS.2ClH/c24-18(16-8-4-5-10-20-16)22-19-21-15-9-11-23(13-17(15)25-19)12-14-6-2-1-3-7-14;;/h1-3,6-7,16,20H,4-5,8-13H2,(H,21,22,24);2*1H. The lowest BCUT2D eigenvalue weighted by Crippen LogP contribution is -2.43. The summed E-state index contributed by atoms with van der Waals surface area (Å²) >= 11 is 1.63. The van der Waals surface area contributed by atoms with Crippen LogP contribution < -0.4 is 10.6 Å². The fourth-order valence-corrected chi connectivity index (χ4v) is 4.60. The number of hydrogen-bond donors (Lipinski definition) is 2. The molecule has 2 N–H and O–H groups in total. The van der Waals surface area contributed by atoms with Crippen LogP contribution in [-0.4, -0.2) is 34.9 Å². The van der Waals surface area contributed by atoms with Gasteiger partial charge in [0.15, 0.2) is 5.13 Å². The van der Waals surface area contributed by atoms with Gasteiger partial charge in [-0.15, -0.1) is 36.2 Å². The van der Waals surface area contributed by atoms with Gasteiger partial charge < -0.3 is 10.6 Å². The smallest absolute Gasteiger partial charge is 0.243 e. The number of rotatable bonds is 4. The van der Waals surface area contributed by atoms with Crippen molar-refractivity contribution in [3.63, 3.8) is 0 Å². The first kappa shape index (κ1) is 22.1. The molecule has 1 unspecified atom stereocenters. The number of piperidine rings is 1. The molecule has 8 heteroatoms. The minimum absolute atomic E-state index is 0. The lowest BCUT2D eigenvalue weighted by Gasteiger charge is -2.25. The van der Waals surface area contributed by atoms with Crippen LogP contribution in [0.1, 0.15) is 35.4 Å². The zero-order valence-electron chi connectivity index (χ0n) is 15.1. The molecule has 3 heterocycles. The van der Waals surface area contributed by atoms with E-state index in [0.717, 1.165) is 62.7 Å². The molecule has 1 fully saturated rings. The second kappa shape index (κ2) is 10.4. The second-order valence-electron chi connectivity index (χ2n) is 6.83. The molecule has 27 heavy (non-hydrogen) atoms. The van der Waals surface area contributed by atoms with Crippen molar-refractivity contribution >= 4 is 47.2 Å². The van der Waals surface area contributed by atoms with E-state index < -0.39 is 0 Å². The highest BCUT2D eigenvalue weighted by molar-refractivity contribution is 7.15. The molecule has 0 radical (unpaired) electrons. The summed E-state index contributed by atoms with van der Waals surface area (Å²) in [7, 11) is 0. The third-order valence-electron chi connectivity index (χ3n) is 4.92. The number of thiazole rings is 1. The van der Waals surface area contributed by atoms with Crippen molar-refractivity contribution in [2.45, 2.75) is 44.8 Å². The van der Waals surface area contributed by atoms with E-state index in [1.54, 1.807) is 11.3 Å². The molecule has 1 amide bonds. The summed E-state index contributed by atoms with van der Waals surface area (Å²) in [6, 6.07) is 10.5. The molecule has 4 rings (SSSR count). The van der Waals surface area contributed by atoms with Crippen LogP contribution in [0, 0.1) is 0 Å². The van der Waals surface area contributed by atoms with E-state index in [4.69, 9.17) is 0 Å². The van der Waals surface area contributed by atoms with Crippen LogP contribution >= 0.6 is 36.2 Å². The van der Waals surface area contributed by atoms with Crippen LogP contribution in [0.15, 0.2) is 30.3 Å². The van der Waals surface area contributed by atoms with E-state index in [2.05, 4.69) is 50.8 Å². The van der Waals surface area contributed by atoms with Crippen molar-refractivity contribution < 1.29 is 4.79 Å². The average Bonchev–Trinajstić information content (AvgIpc) is 3.05. The van der Waals surface area contributed by atoms with Gasteiger partial charge in [0.1, 0.15) is 0 Å². The summed E-state index contributed by atoms with van der Waals surface area (Å²) < 4.78 is 0. The molecule has 0 saturated carbocycles. The molecule has 2 aromatic rings. The molecule has 2 aliphatic heterocycles. The number of benzene rings is 1. The van der Waals surface area contributed by atoms with Crippen LogP contribution in [0.2, 0.25) is 0 Å². The third kappa shape index (κ3) is 5.65. The van der Waals surface area contributed by atoms with Gasteiger partial charge in [-0.05, 0) is 24.9 Å². The average molecular weight is 429 g/mol. The molecular formula is C19H26Cl2N4OS. The second-order valence-corrected chi connectivity index (χ2v) is 7.91. The van der Waals surface area contributed by atoms with E-state index in [-0.39, 0.29) is 36.8 Å². The number of carbonyl (C=O) groups excluding carboxylic acids is 1. The highest BCUT2D eigenvalue weighted by Crippen LogP contribution is 2.29. The summed E-state index contributed by atoms with van der Waals surface area (Å²) in [6.07, 6.45) is 4.15. The minimum Gasteiger partial charge on any atom is -0.306 e. The Bertz CT molecular complexity index is 735. The number of nitrogens with one attached hydrogen (secondary N) is 2. The van der Waals surface area contributed by atoms with Crippen LogP contribution in [-0.2, 0) is 24.3 Å². The predicted octanol–water partition coefficient (Wildman–Crippen LogP) is 3.63. The minimum atomic E-state index is -0.0655. The Hall–Kier alpha value is -1.18. The van der Waals surface area contributed by atoms with Gasteiger partial charge in [0.25, 0.3) is 0 Å². The molecule has 0 aliphatic carbocycles. The van der Waals surface area contributed by atoms with Crippen LogP contribution in [0.25, 0.3) is 0 Å². The monoisotopic (exact) mass is 428 g/mol. The Morgan fingerprint density at radius 2 is 2.07 bits per heavy atom. The number of hydrogen-bond acceptors (Lipinski definition) is 5. The van der Waals surface area contributed by atoms with E-state index >= 15 is 0 Å². The molecule has 2 aliphatic rings. The van der Waals surface area contributed by atoms with Gasteiger partial charge in [0, 0.05) is 30.9 Å². The number of fused-ring (bicyclic) bond motifs is 1. The third-order valence-corrected chi connectivity index (χ3v) is 5.91.